The van der Waals surface area contributed by atoms with Gasteiger partial charge in [0.25, 0.3) is 5.91 Å². The normalized spacial score (nSPS) is 11.5. The first kappa shape index (κ1) is 21.6. The third-order valence-electron chi connectivity index (χ3n) is 5.39. The molecule has 0 spiro atoms. The summed E-state index contributed by atoms with van der Waals surface area (Å²) in [6.07, 6.45) is 8.44. The summed E-state index contributed by atoms with van der Waals surface area (Å²) in [5, 5.41) is 3.58. The van der Waals surface area contributed by atoms with E-state index in [1.54, 1.807) is 85.6 Å². The molecular weight excluding hydrogens is 452 g/mol. The molecular formula is C25H20N4O4S. The minimum Gasteiger partial charge on any atom is -0.449 e. The molecule has 0 bridgehead atoms. The lowest BCUT2D eigenvalue weighted by Crippen LogP contribution is -2.22. The molecule has 0 aliphatic carbocycles. The van der Waals surface area contributed by atoms with E-state index < -0.39 is 9.84 Å². The lowest BCUT2D eigenvalue weighted by molar-refractivity contribution is 0.0925. The molecule has 0 saturated carbocycles. The number of benzene rings is 2. The Hall–Kier alpha value is -4.24. The third-order valence-corrected chi connectivity index (χ3v) is 7.18. The van der Waals surface area contributed by atoms with Crippen molar-refractivity contribution in [2.75, 3.05) is 0 Å². The summed E-state index contributed by atoms with van der Waals surface area (Å²) in [6, 6.07) is 16.7. The number of nitrogens with zero attached hydrogens (tertiary/aromatic N) is 3. The highest BCUT2D eigenvalue weighted by Gasteiger charge is 2.18. The fourth-order valence-electron chi connectivity index (χ4n) is 3.55. The Morgan fingerprint density at radius 1 is 0.912 bits per heavy atom. The van der Waals surface area contributed by atoms with Crippen LogP contribution in [0.5, 0.6) is 0 Å². The van der Waals surface area contributed by atoms with Crippen LogP contribution >= 0.6 is 0 Å². The number of furan rings is 1. The van der Waals surface area contributed by atoms with E-state index in [2.05, 4.69) is 15.3 Å². The number of sulfone groups is 1. The van der Waals surface area contributed by atoms with Crippen LogP contribution in [0.4, 0.5) is 0 Å². The van der Waals surface area contributed by atoms with Crippen molar-refractivity contribution in [3.05, 3.63) is 109 Å². The van der Waals surface area contributed by atoms with Crippen LogP contribution in [0.2, 0.25) is 0 Å². The van der Waals surface area contributed by atoms with Crippen LogP contribution in [0.25, 0.3) is 11.0 Å². The van der Waals surface area contributed by atoms with Crippen LogP contribution in [-0.4, -0.2) is 28.9 Å². The van der Waals surface area contributed by atoms with Gasteiger partial charge in [0, 0.05) is 37.1 Å². The number of imidazole rings is 1. The van der Waals surface area contributed by atoms with Gasteiger partial charge < -0.3 is 14.3 Å². The lowest BCUT2D eigenvalue weighted by Gasteiger charge is -2.08. The summed E-state index contributed by atoms with van der Waals surface area (Å²) in [5.74, 6) is -0.164. The molecule has 0 aliphatic rings. The number of hydrogen-bond donors (Lipinski definition) is 1. The molecule has 0 radical (unpaired) electrons. The number of aromatic nitrogens is 3. The van der Waals surface area contributed by atoms with Crippen LogP contribution < -0.4 is 5.32 Å². The minimum absolute atomic E-state index is 0.190. The number of hydrogen-bond acceptors (Lipinski definition) is 6. The van der Waals surface area contributed by atoms with Gasteiger partial charge in [-0.25, -0.2) is 13.4 Å². The molecule has 9 heteroatoms. The SMILES string of the molecule is O=C(NCc1ccc(S(=O)(=O)c2ccc(Cn3ccnc3)cc2)cc1)c1cc2ccncc2o1. The van der Waals surface area contributed by atoms with Gasteiger partial charge in [-0.05, 0) is 47.5 Å². The average Bonchev–Trinajstić information content (AvgIpc) is 3.53. The maximum Gasteiger partial charge on any atom is 0.287 e. The van der Waals surface area contributed by atoms with Gasteiger partial charge in [-0.15, -0.1) is 0 Å². The molecule has 0 saturated heterocycles. The molecule has 3 heterocycles. The fourth-order valence-corrected chi connectivity index (χ4v) is 4.81. The highest BCUT2D eigenvalue weighted by molar-refractivity contribution is 7.91. The molecule has 1 N–H and O–H groups in total. The van der Waals surface area contributed by atoms with Gasteiger partial charge in [0.2, 0.25) is 9.84 Å². The van der Waals surface area contributed by atoms with Gasteiger partial charge in [-0.3, -0.25) is 9.78 Å². The Morgan fingerprint density at radius 3 is 2.26 bits per heavy atom. The zero-order valence-corrected chi connectivity index (χ0v) is 18.8. The topological polar surface area (TPSA) is 107 Å². The second-order valence-electron chi connectivity index (χ2n) is 7.73. The second-order valence-corrected chi connectivity index (χ2v) is 9.68. The van der Waals surface area contributed by atoms with Crippen LogP contribution in [0.3, 0.4) is 0 Å². The predicted octanol–water partition coefficient (Wildman–Crippen LogP) is 3.84. The van der Waals surface area contributed by atoms with Gasteiger partial charge in [-0.1, -0.05) is 24.3 Å². The quantitative estimate of drug-likeness (QED) is 0.386. The van der Waals surface area contributed by atoms with Gasteiger partial charge >= 0.3 is 0 Å². The van der Waals surface area contributed by atoms with Crippen LogP contribution in [-0.2, 0) is 22.9 Å². The van der Waals surface area contributed by atoms with Gasteiger partial charge in [0.15, 0.2) is 11.3 Å². The Bertz CT molecular complexity index is 1510. The van der Waals surface area contributed by atoms with Gasteiger partial charge in [0.05, 0.1) is 22.3 Å². The van der Waals surface area contributed by atoms with Crippen LogP contribution in [0.15, 0.2) is 106 Å². The molecule has 34 heavy (non-hydrogen) atoms. The fraction of sp³-hybridized carbons (Fsp3) is 0.0800. The van der Waals surface area contributed by atoms with E-state index in [9.17, 15) is 13.2 Å². The molecule has 5 aromatic rings. The zero-order valence-electron chi connectivity index (χ0n) is 18.0. The van der Waals surface area contributed by atoms with E-state index in [4.69, 9.17) is 4.42 Å². The van der Waals surface area contributed by atoms with Crippen molar-refractivity contribution in [1.29, 1.82) is 0 Å². The standard InChI is InChI=1S/C25H20N4O4S/c30-25(23-13-20-9-10-26-15-24(20)33-23)28-14-18-1-5-21(6-2-18)34(31,32)22-7-3-19(4-8-22)16-29-12-11-27-17-29/h1-13,15,17H,14,16H2,(H,28,30). The number of rotatable bonds is 7. The van der Waals surface area contributed by atoms with E-state index in [1.807, 2.05) is 10.8 Å². The average molecular weight is 473 g/mol. The van der Waals surface area contributed by atoms with E-state index in [-0.39, 0.29) is 28.0 Å². The summed E-state index contributed by atoms with van der Waals surface area (Å²) in [4.78, 5) is 20.8. The molecule has 8 nitrogen and oxygen atoms in total. The number of nitrogens with one attached hydrogen (secondary N) is 1. The first-order chi connectivity index (χ1) is 16.5. The van der Waals surface area contributed by atoms with Crippen LogP contribution in [0, 0.1) is 0 Å². The number of carbonyl (C=O) groups is 1. The van der Waals surface area contributed by atoms with E-state index in [0.29, 0.717) is 12.1 Å². The first-order valence-corrected chi connectivity index (χ1v) is 12.0. The summed E-state index contributed by atoms with van der Waals surface area (Å²) in [7, 11) is -3.65. The Kier molecular flexibility index (Phi) is 5.69. The summed E-state index contributed by atoms with van der Waals surface area (Å²) in [5.41, 5.74) is 2.28. The van der Waals surface area contributed by atoms with Crippen molar-refractivity contribution < 1.29 is 17.6 Å². The lowest BCUT2D eigenvalue weighted by atomic mass is 10.2. The monoisotopic (exact) mass is 472 g/mol. The largest absolute Gasteiger partial charge is 0.449 e. The van der Waals surface area contributed by atoms with Crippen LogP contribution in [0.1, 0.15) is 21.7 Å². The molecule has 0 unspecified atom stereocenters. The predicted molar refractivity (Wildman–Crippen MR) is 125 cm³/mol. The maximum atomic E-state index is 13.0. The first-order valence-electron chi connectivity index (χ1n) is 10.5. The zero-order chi connectivity index (χ0) is 23.5. The molecule has 170 valence electrons. The molecule has 1 amide bonds. The Labute approximate surface area is 195 Å². The molecule has 5 rings (SSSR count). The van der Waals surface area contributed by atoms with Crippen molar-refractivity contribution in [3.8, 4) is 0 Å². The molecule has 0 fully saturated rings. The summed E-state index contributed by atoms with van der Waals surface area (Å²) < 4.78 is 33.4. The minimum atomic E-state index is -3.65. The number of amides is 1. The molecule has 0 atom stereocenters. The van der Waals surface area contributed by atoms with E-state index in [1.165, 1.54) is 0 Å². The summed E-state index contributed by atoms with van der Waals surface area (Å²) >= 11 is 0. The smallest absolute Gasteiger partial charge is 0.287 e. The third kappa shape index (κ3) is 4.46. The van der Waals surface area contributed by atoms with Crippen molar-refractivity contribution in [1.82, 2.24) is 19.9 Å². The van der Waals surface area contributed by atoms with Crippen molar-refractivity contribution in [2.24, 2.45) is 0 Å². The van der Waals surface area contributed by atoms with Crippen molar-refractivity contribution >= 4 is 26.7 Å². The number of pyridine rings is 1. The van der Waals surface area contributed by atoms with Gasteiger partial charge in [0.1, 0.15) is 0 Å². The van der Waals surface area contributed by atoms with E-state index in [0.717, 1.165) is 16.5 Å². The Morgan fingerprint density at radius 2 is 1.62 bits per heavy atom. The molecule has 0 aliphatic heterocycles. The van der Waals surface area contributed by atoms with E-state index >= 15 is 0 Å². The maximum absolute atomic E-state index is 13.0. The van der Waals surface area contributed by atoms with Gasteiger partial charge in [-0.2, -0.15) is 0 Å². The highest BCUT2D eigenvalue weighted by Crippen LogP contribution is 2.22. The molecule has 2 aromatic carbocycles. The second kappa shape index (κ2) is 8.95. The number of carbonyl (C=O) groups excluding carboxylic acids is 1. The summed E-state index contributed by atoms with van der Waals surface area (Å²) in [6.45, 7) is 0.850. The van der Waals surface area contributed by atoms with Crippen molar-refractivity contribution in [3.63, 3.8) is 0 Å². The highest BCUT2D eigenvalue weighted by atomic mass is 32.2. The molecule has 3 aromatic heterocycles. The Balaban J connectivity index is 1.24. The number of fused-ring (bicyclic) bond motifs is 1. The van der Waals surface area contributed by atoms with Crippen molar-refractivity contribution in [2.45, 2.75) is 22.9 Å².